The second-order valence-corrected chi connectivity index (χ2v) is 3.30. The number of likely N-dealkylation sites (tertiary alicyclic amines) is 1. The maximum Gasteiger partial charge on any atom is 0.319 e. The highest BCUT2D eigenvalue weighted by Crippen LogP contribution is 2.16. The van der Waals surface area contributed by atoms with E-state index in [1.165, 1.54) is 7.11 Å². The van der Waals surface area contributed by atoms with Gasteiger partial charge in [0.05, 0.1) is 20.3 Å². The van der Waals surface area contributed by atoms with Gasteiger partial charge in [-0.15, -0.1) is 0 Å². The molecule has 1 atom stereocenters. The maximum atomic E-state index is 11.0. The van der Waals surface area contributed by atoms with Crippen LogP contribution < -0.4 is 0 Å². The number of nitrogens with zero attached hydrogens (tertiary/aromatic N) is 1. The first-order valence-electron chi connectivity index (χ1n) is 4.57. The van der Waals surface area contributed by atoms with E-state index in [1.807, 2.05) is 0 Å². The summed E-state index contributed by atoms with van der Waals surface area (Å²) < 4.78 is 9.69. The number of rotatable bonds is 4. The zero-order valence-electron chi connectivity index (χ0n) is 8.28. The van der Waals surface area contributed by atoms with Crippen molar-refractivity contribution in [3.63, 3.8) is 0 Å². The van der Waals surface area contributed by atoms with Crippen LogP contribution in [0.3, 0.4) is 0 Å². The summed E-state index contributed by atoms with van der Waals surface area (Å²) in [6, 6.07) is 0.393. The van der Waals surface area contributed by atoms with Crippen LogP contribution >= 0.6 is 0 Å². The molecular formula is C9H17NO3. The van der Waals surface area contributed by atoms with Crippen LogP contribution in [-0.4, -0.2) is 50.8 Å². The second kappa shape index (κ2) is 5.19. The predicted molar refractivity (Wildman–Crippen MR) is 48.5 cm³/mol. The SMILES string of the molecule is COC[C@H]1CCCN1CC(=O)OC. The molecule has 0 bridgehead atoms. The molecule has 1 fully saturated rings. The predicted octanol–water partition coefficient (Wildman–Crippen LogP) is 0.270. The Morgan fingerprint density at radius 3 is 2.92 bits per heavy atom. The van der Waals surface area contributed by atoms with Crippen molar-refractivity contribution in [3.05, 3.63) is 0 Å². The smallest absolute Gasteiger partial charge is 0.319 e. The fourth-order valence-corrected chi connectivity index (χ4v) is 1.71. The molecule has 1 rings (SSSR count). The van der Waals surface area contributed by atoms with Gasteiger partial charge < -0.3 is 9.47 Å². The zero-order chi connectivity index (χ0) is 9.68. The van der Waals surface area contributed by atoms with Crippen LogP contribution in [0.1, 0.15) is 12.8 Å². The van der Waals surface area contributed by atoms with E-state index >= 15 is 0 Å². The third-order valence-corrected chi connectivity index (χ3v) is 2.42. The molecule has 1 aliphatic rings. The molecule has 0 aliphatic carbocycles. The molecule has 0 aromatic rings. The van der Waals surface area contributed by atoms with Crippen molar-refractivity contribution in [3.8, 4) is 0 Å². The van der Waals surface area contributed by atoms with Gasteiger partial charge in [-0.3, -0.25) is 9.69 Å². The average Bonchev–Trinajstić information content (AvgIpc) is 2.54. The van der Waals surface area contributed by atoms with E-state index in [-0.39, 0.29) is 5.97 Å². The Kier molecular flexibility index (Phi) is 4.18. The molecule has 1 heterocycles. The first kappa shape index (κ1) is 10.5. The molecular weight excluding hydrogens is 170 g/mol. The number of carbonyl (C=O) groups is 1. The quantitative estimate of drug-likeness (QED) is 0.592. The van der Waals surface area contributed by atoms with E-state index in [0.29, 0.717) is 19.2 Å². The largest absolute Gasteiger partial charge is 0.468 e. The minimum Gasteiger partial charge on any atom is -0.468 e. The Morgan fingerprint density at radius 2 is 2.31 bits per heavy atom. The van der Waals surface area contributed by atoms with Gasteiger partial charge in [0.1, 0.15) is 0 Å². The number of hydrogen-bond acceptors (Lipinski definition) is 4. The number of esters is 1. The van der Waals surface area contributed by atoms with Crippen molar-refractivity contribution in [2.75, 3.05) is 33.9 Å². The van der Waals surface area contributed by atoms with E-state index in [0.717, 1.165) is 19.4 Å². The Morgan fingerprint density at radius 1 is 1.54 bits per heavy atom. The van der Waals surface area contributed by atoms with Gasteiger partial charge in [-0.2, -0.15) is 0 Å². The molecule has 0 N–H and O–H groups in total. The van der Waals surface area contributed by atoms with Crippen LogP contribution in [-0.2, 0) is 14.3 Å². The lowest BCUT2D eigenvalue weighted by atomic mass is 10.2. The van der Waals surface area contributed by atoms with Crippen molar-refractivity contribution < 1.29 is 14.3 Å². The number of methoxy groups -OCH3 is 2. The Balaban J connectivity index is 2.34. The molecule has 0 aromatic carbocycles. The van der Waals surface area contributed by atoms with Crippen molar-refractivity contribution in [1.29, 1.82) is 0 Å². The molecule has 1 saturated heterocycles. The second-order valence-electron chi connectivity index (χ2n) is 3.30. The van der Waals surface area contributed by atoms with Crippen molar-refractivity contribution in [2.24, 2.45) is 0 Å². The summed E-state index contributed by atoms with van der Waals surface area (Å²) in [5.74, 6) is -0.164. The number of carbonyl (C=O) groups excluding carboxylic acids is 1. The first-order chi connectivity index (χ1) is 6.27. The molecule has 0 radical (unpaired) electrons. The fraction of sp³-hybridized carbons (Fsp3) is 0.889. The summed E-state index contributed by atoms with van der Waals surface area (Å²) in [4.78, 5) is 13.1. The lowest BCUT2D eigenvalue weighted by Crippen LogP contribution is -2.37. The maximum absolute atomic E-state index is 11.0. The van der Waals surface area contributed by atoms with Gasteiger partial charge in [0.2, 0.25) is 0 Å². The highest BCUT2D eigenvalue weighted by Gasteiger charge is 2.25. The van der Waals surface area contributed by atoms with E-state index < -0.39 is 0 Å². The summed E-state index contributed by atoms with van der Waals surface area (Å²) in [5.41, 5.74) is 0. The standard InChI is InChI=1S/C9H17NO3/c1-12-7-8-4-3-5-10(8)6-9(11)13-2/h8H,3-7H2,1-2H3/t8-/m1/s1. The molecule has 13 heavy (non-hydrogen) atoms. The fourth-order valence-electron chi connectivity index (χ4n) is 1.71. The molecule has 4 nitrogen and oxygen atoms in total. The third-order valence-electron chi connectivity index (χ3n) is 2.42. The molecule has 1 aliphatic heterocycles. The lowest BCUT2D eigenvalue weighted by Gasteiger charge is -2.21. The summed E-state index contributed by atoms with van der Waals surface area (Å²) in [5, 5.41) is 0. The van der Waals surface area contributed by atoms with E-state index in [4.69, 9.17) is 4.74 Å². The third kappa shape index (κ3) is 2.97. The summed E-state index contributed by atoms with van der Waals surface area (Å²) in [7, 11) is 3.11. The normalized spacial score (nSPS) is 23.4. The van der Waals surface area contributed by atoms with Crippen LogP contribution in [0, 0.1) is 0 Å². The number of ether oxygens (including phenoxy) is 2. The van der Waals surface area contributed by atoms with Crippen LogP contribution in [0.4, 0.5) is 0 Å². The summed E-state index contributed by atoms with van der Waals surface area (Å²) >= 11 is 0. The average molecular weight is 187 g/mol. The van der Waals surface area contributed by atoms with Crippen molar-refractivity contribution >= 4 is 5.97 Å². The lowest BCUT2D eigenvalue weighted by molar-refractivity contribution is -0.142. The summed E-state index contributed by atoms with van der Waals surface area (Å²) in [6.45, 7) is 2.07. The molecule has 0 amide bonds. The summed E-state index contributed by atoms with van der Waals surface area (Å²) in [6.07, 6.45) is 2.26. The van der Waals surface area contributed by atoms with Crippen LogP contribution in [0.5, 0.6) is 0 Å². The topological polar surface area (TPSA) is 38.8 Å². The Bertz CT molecular complexity index is 172. The molecule has 0 saturated carbocycles. The molecule has 76 valence electrons. The van der Waals surface area contributed by atoms with Crippen LogP contribution in [0.15, 0.2) is 0 Å². The van der Waals surface area contributed by atoms with Crippen LogP contribution in [0.25, 0.3) is 0 Å². The highest BCUT2D eigenvalue weighted by atomic mass is 16.5. The molecule has 4 heteroatoms. The van der Waals surface area contributed by atoms with Gasteiger partial charge in [0.15, 0.2) is 0 Å². The Labute approximate surface area is 78.8 Å². The van der Waals surface area contributed by atoms with E-state index in [1.54, 1.807) is 7.11 Å². The Hall–Kier alpha value is -0.610. The van der Waals surface area contributed by atoms with Gasteiger partial charge in [-0.25, -0.2) is 0 Å². The monoisotopic (exact) mass is 187 g/mol. The molecule has 0 spiro atoms. The highest BCUT2D eigenvalue weighted by molar-refractivity contribution is 5.71. The van der Waals surface area contributed by atoms with E-state index in [9.17, 15) is 4.79 Å². The van der Waals surface area contributed by atoms with Gasteiger partial charge in [-0.05, 0) is 19.4 Å². The minimum absolute atomic E-state index is 0.164. The first-order valence-corrected chi connectivity index (χ1v) is 4.57. The van der Waals surface area contributed by atoms with E-state index in [2.05, 4.69) is 9.64 Å². The number of hydrogen-bond donors (Lipinski definition) is 0. The zero-order valence-corrected chi connectivity index (χ0v) is 8.28. The van der Waals surface area contributed by atoms with Crippen molar-refractivity contribution in [2.45, 2.75) is 18.9 Å². The molecule has 0 unspecified atom stereocenters. The van der Waals surface area contributed by atoms with Gasteiger partial charge >= 0.3 is 5.97 Å². The molecule has 0 aromatic heterocycles. The minimum atomic E-state index is -0.164. The van der Waals surface area contributed by atoms with Crippen molar-refractivity contribution in [1.82, 2.24) is 4.90 Å². The van der Waals surface area contributed by atoms with Gasteiger partial charge in [0, 0.05) is 13.2 Å². The van der Waals surface area contributed by atoms with Gasteiger partial charge in [-0.1, -0.05) is 0 Å². The van der Waals surface area contributed by atoms with Gasteiger partial charge in [0.25, 0.3) is 0 Å². The van der Waals surface area contributed by atoms with Crippen LogP contribution in [0.2, 0.25) is 0 Å².